The molecule has 0 bridgehead atoms. The van der Waals surface area contributed by atoms with E-state index in [1.165, 1.54) is 6.07 Å². The molecule has 2 amide bonds. The molecule has 3 N–H and O–H groups in total. The summed E-state index contributed by atoms with van der Waals surface area (Å²) in [5, 5.41) is 17.3. The summed E-state index contributed by atoms with van der Waals surface area (Å²) in [6.07, 6.45) is 1.60. The second-order valence-electron chi connectivity index (χ2n) is 6.12. The van der Waals surface area contributed by atoms with E-state index in [9.17, 15) is 14.3 Å². The number of halogens is 1. The molecule has 128 valence electrons. The summed E-state index contributed by atoms with van der Waals surface area (Å²) in [5.41, 5.74) is 0.592. The number of carbonyl (C=O) groups excluding carboxylic acids is 1. The number of hydrogen-bond donors (Lipinski definition) is 3. The largest absolute Gasteiger partial charge is 0.393 e. The van der Waals surface area contributed by atoms with Crippen LogP contribution in [0.5, 0.6) is 0 Å². The minimum absolute atomic E-state index is 0.0816. The Balaban J connectivity index is 1.51. The van der Waals surface area contributed by atoms with Crippen molar-refractivity contribution in [2.45, 2.75) is 31.4 Å². The number of aliphatic hydroxyl groups is 1. The maximum absolute atomic E-state index is 13.6. The van der Waals surface area contributed by atoms with Crippen molar-refractivity contribution in [1.82, 2.24) is 10.6 Å². The Hall–Kier alpha value is -1.92. The van der Waals surface area contributed by atoms with E-state index in [1.807, 2.05) is 17.5 Å². The first-order chi connectivity index (χ1) is 11.6. The minimum Gasteiger partial charge on any atom is -0.393 e. The second-order valence-corrected chi connectivity index (χ2v) is 7.10. The van der Waals surface area contributed by atoms with Gasteiger partial charge in [-0.25, -0.2) is 9.18 Å². The zero-order chi connectivity index (χ0) is 16.9. The van der Waals surface area contributed by atoms with Gasteiger partial charge in [0.15, 0.2) is 0 Å². The van der Waals surface area contributed by atoms with Crippen LogP contribution in [-0.2, 0) is 6.42 Å². The number of rotatable bonds is 6. The predicted octanol–water partition coefficient (Wildman–Crippen LogP) is 3.24. The maximum Gasteiger partial charge on any atom is 0.315 e. The van der Waals surface area contributed by atoms with Gasteiger partial charge in [0.2, 0.25) is 0 Å². The molecule has 1 heterocycles. The summed E-state index contributed by atoms with van der Waals surface area (Å²) in [4.78, 5) is 13.3. The molecule has 0 spiro atoms. The van der Waals surface area contributed by atoms with E-state index in [2.05, 4.69) is 10.6 Å². The Morgan fingerprint density at radius 1 is 1.29 bits per heavy atom. The van der Waals surface area contributed by atoms with E-state index < -0.39 is 0 Å². The van der Waals surface area contributed by atoms with Crippen molar-refractivity contribution in [2.24, 2.45) is 5.92 Å². The van der Waals surface area contributed by atoms with Gasteiger partial charge < -0.3 is 15.7 Å². The minimum atomic E-state index is -0.261. The standard InChI is InChI=1S/C18H21FN2O2S/c19-15-5-2-1-4-12(15)7-8-20-18(23)21-17(13-10-14(22)11-13)16-6-3-9-24-16/h1-6,9,13-14,17,22H,7-8,10-11H2,(H2,20,21,23). The smallest absolute Gasteiger partial charge is 0.315 e. The van der Waals surface area contributed by atoms with Crippen molar-refractivity contribution in [1.29, 1.82) is 0 Å². The van der Waals surface area contributed by atoms with Crippen LogP contribution in [0.1, 0.15) is 29.3 Å². The summed E-state index contributed by atoms with van der Waals surface area (Å²) in [6.45, 7) is 0.372. The Kier molecular flexibility index (Phi) is 5.48. The lowest BCUT2D eigenvalue weighted by Gasteiger charge is -2.37. The van der Waals surface area contributed by atoms with Crippen LogP contribution in [0, 0.1) is 11.7 Å². The van der Waals surface area contributed by atoms with Gasteiger partial charge in [-0.05, 0) is 48.3 Å². The number of aliphatic hydroxyl groups excluding tert-OH is 1. The number of urea groups is 1. The van der Waals surface area contributed by atoms with Gasteiger partial charge >= 0.3 is 6.03 Å². The first kappa shape index (κ1) is 16.9. The quantitative estimate of drug-likeness (QED) is 0.750. The van der Waals surface area contributed by atoms with E-state index in [1.54, 1.807) is 29.5 Å². The fraction of sp³-hybridized carbons (Fsp3) is 0.389. The van der Waals surface area contributed by atoms with Gasteiger partial charge in [0.25, 0.3) is 0 Å². The van der Waals surface area contributed by atoms with E-state index in [-0.39, 0.29) is 29.9 Å². The van der Waals surface area contributed by atoms with Crippen LogP contribution in [0.2, 0.25) is 0 Å². The highest BCUT2D eigenvalue weighted by atomic mass is 32.1. The van der Waals surface area contributed by atoms with Crippen LogP contribution in [0.15, 0.2) is 41.8 Å². The number of benzene rings is 1. The van der Waals surface area contributed by atoms with Gasteiger partial charge in [-0.1, -0.05) is 24.3 Å². The van der Waals surface area contributed by atoms with Gasteiger partial charge in [0, 0.05) is 11.4 Å². The maximum atomic E-state index is 13.6. The monoisotopic (exact) mass is 348 g/mol. The Bertz CT molecular complexity index is 671. The molecule has 1 aromatic carbocycles. The van der Waals surface area contributed by atoms with Crippen LogP contribution < -0.4 is 10.6 Å². The first-order valence-electron chi connectivity index (χ1n) is 8.12. The van der Waals surface area contributed by atoms with Crippen molar-refractivity contribution < 1.29 is 14.3 Å². The lowest BCUT2D eigenvalue weighted by atomic mass is 9.77. The Labute approximate surface area is 144 Å². The van der Waals surface area contributed by atoms with Gasteiger partial charge in [-0.15, -0.1) is 11.3 Å². The Morgan fingerprint density at radius 2 is 2.08 bits per heavy atom. The van der Waals surface area contributed by atoms with Gasteiger partial charge in [0.05, 0.1) is 12.1 Å². The van der Waals surface area contributed by atoms with Crippen molar-refractivity contribution in [3.05, 3.63) is 58.0 Å². The van der Waals surface area contributed by atoms with Crippen molar-refractivity contribution in [2.75, 3.05) is 6.54 Å². The van der Waals surface area contributed by atoms with E-state index in [0.717, 1.165) is 4.88 Å². The molecule has 1 aromatic heterocycles. The molecule has 0 saturated heterocycles. The highest BCUT2D eigenvalue weighted by molar-refractivity contribution is 7.10. The zero-order valence-electron chi connectivity index (χ0n) is 13.2. The summed E-state index contributed by atoms with van der Waals surface area (Å²) in [7, 11) is 0. The van der Waals surface area contributed by atoms with Crippen LogP contribution in [0.3, 0.4) is 0 Å². The van der Waals surface area contributed by atoms with Gasteiger partial charge in [0.1, 0.15) is 5.82 Å². The molecule has 2 aromatic rings. The third-order valence-corrected chi connectivity index (χ3v) is 5.35. The van der Waals surface area contributed by atoms with Crippen LogP contribution in [-0.4, -0.2) is 23.8 Å². The highest BCUT2D eigenvalue weighted by Crippen LogP contribution is 2.39. The highest BCUT2D eigenvalue weighted by Gasteiger charge is 2.36. The molecule has 3 rings (SSSR count). The molecule has 0 radical (unpaired) electrons. The van der Waals surface area contributed by atoms with Crippen LogP contribution in [0.4, 0.5) is 9.18 Å². The molecule has 1 atom stereocenters. The number of nitrogens with one attached hydrogen (secondary N) is 2. The van der Waals surface area contributed by atoms with Crippen molar-refractivity contribution >= 4 is 17.4 Å². The van der Waals surface area contributed by atoms with Gasteiger partial charge in [-0.3, -0.25) is 0 Å². The molecule has 24 heavy (non-hydrogen) atoms. The molecular weight excluding hydrogens is 327 g/mol. The zero-order valence-corrected chi connectivity index (χ0v) is 14.1. The third kappa shape index (κ3) is 4.13. The number of hydrogen-bond acceptors (Lipinski definition) is 3. The summed E-state index contributed by atoms with van der Waals surface area (Å²) in [6, 6.07) is 10.2. The van der Waals surface area contributed by atoms with Gasteiger partial charge in [-0.2, -0.15) is 0 Å². The average molecular weight is 348 g/mol. The molecule has 1 saturated carbocycles. The van der Waals surface area contributed by atoms with E-state index in [4.69, 9.17) is 0 Å². The molecule has 4 nitrogen and oxygen atoms in total. The predicted molar refractivity (Wildman–Crippen MR) is 92.4 cm³/mol. The summed E-state index contributed by atoms with van der Waals surface area (Å²) < 4.78 is 13.6. The lowest BCUT2D eigenvalue weighted by Crippen LogP contribution is -2.45. The normalized spacial score (nSPS) is 20.9. The molecule has 1 unspecified atom stereocenters. The summed E-state index contributed by atoms with van der Waals surface area (Å²) in [5.74, 6) is 0.00981. The van der Waals surface area contributed by atoms with Crippen molar-refractivity contribution in [3.8, 4) is 0 Å². The second kappa shape index (κ2) is 7.77. The molecule has 0 aliphatic heterocycles. The van der Waals surface area contributed by atoms with Crippen LogP contribution >= 0.6 is 11.3 Å². The molecule has 1 aliphatic rings. The number of thiophene rings is 1. The number of carbonyl (C=O) groups is 1. The fourth-order valence-corrected chi connectivity index (χ4v) is 3.87. The lowest BCUT2D eigenvalue weighted by molar-refractivity contribution is 0.0265. The average Bonchev–Trinajstić information content (AvgIpc) is 3.06. The Morgan fingerprint density at radius 3 is 2.75 bits per heavy atom. The third-order valence-electron chi connectivity index (χ3n) is 4.40. The topological polar surface area (TPSA) is 61.4 Å². The SMILES string of the molecule is O=C(NCCc1ccccc1F)NC(c1cccs1)C1CC(O)C1. The van der Waals surface area contributed by atoms with E-state index >= 15 is 0 Å². The molecule has 1 fully saturated rings. The fourth-order valence-electron chi connectivity index (χ4n) is 3.00. The summed E-state index contributed by atoms with van der Waals surface area (Å²) >= 11 is 1.60. The van der Waals surface area contributed by atoms with Crippen molar-refractivity contribution in [3.63, 3.8) is 0 Å². The molecular formula is C18H21FN2O2S. The van der Waals surface area contributed by atoms with Crippen LogP contribution in [0.25, 0.3) is 0 Å². The molecule has 1 aliphatic carbocycles. The van der Waals surface area contributed by atoms with E-state index in [0.29, 0.717) is 31.4 Å². The first-order valence-corrected chi connectivity index (χ1v) is 9.00. The molecule has 6 heteroatoms. The number of amides is 2.